The van der Waals surface area contributed by atoms with E-state index in [0.29, 0.717) is 18.9 Å². The predicted octanol–water partition coefficient (Wildman–Crippen LogP) is 3.51. The Morgan fingerprint density at radius 1 is 1.23 bits per heavy atom. The Bertz CT molecular complexity index is 1070. The maximum atomic E-state index is 14.1. The molecule has 1 aromatic carbocycles. The van der Waals surface area contributed by atoms with E-state index in [-0.39, 0.29) is 23.9 Å². The molecule has 31 heavy (non-hydrogen) atoms. The fourth-order valence-electron chi connectivity index (χ4n) is 3.25. The second-order valence-electron chi connectivity index (χ2n) is 7.11. The summed E-state index contributed by atoms with van der Waals surface area (Å²) in [5.41, 5.74) is 0.796. The number of alkyl halides is 3. The molecule has 0 radical (unpaired) electrons. The van der Waals surface area contributed by atoms with Gasteiger partial charge in [0.05, 0.1) is 30.0 Å². The van der Waals surface area contributed by atoms with Crippen molar-refractivity contribution < 1.29 is 27.1 Å². The smallest absolute Gasteiger partial charge is 0.371 e. The van der Waals surface area contributed by atoms with E-state index in [9.17, 15) is 22.4 Å². The highest BCUT2D eigenvalue weighted by Gasteiger charge is 2.32. The lowest BCUT2D eigenvalue weighted by Crippen LogP contribution is -2.33. The predicted molar refractivity (Wildman–Crippen MR) is 102 cm³/mol. The van der Waals surface area contributed by atoms with E-state index in [4.69, 9.17) is 4.74 Å². The number of Topliss-reactive ketones (excluding diaryl/α,β-unsaturated/α-hetero) is 1. The Labute approximate surface area is 174 Å². The zero-order valence-corrected chi connectivity index (χ0v) is 16.2. The maximum absolute atomic E-state index is 14.1. The molecule has 0 spiro atoms. The van der Waals surface area contributed by atoms with Gasteiger partial charge in [0.2, 0.25) is 0 Å². The van der Waals surface area contributed by atoms with Gasteiger partial charge in [-0.3, -0.25) is 4.79 Å². The van der Waals surface area contributed by atoms with E-state index >= 15 is 0 Å². The topological polar surface area (TPSA) is 69.0 Å². The molecule has 1 fully saturated rings. The summed E-state index contributed by atoms with van der Waals surface area (Å²) in [5, 5.41) is 7.12. The van der Waals surface area contributed by atoms with Gasteiger partial charge < -0.3 is 10.1 Å². The minimum Gasteiger partial charge on any atom is -0.371 e. The quantitative estimate of drug-likeness (QED) is 0.492. The molecule has 4 rings (SSSR count). The third-order valence-corrected chi connectivity index (χ3v) is 4.91. The van der Waals surface area contributed by atoms with Gasteiger partial charge in [-0.15, -0.1) is 0 Å². The minimum atomic E-state index is -4.70. The van der Waals surface area contributed by atoms with Crippen LogP contribution in [0.4, 0.5) is 17.6 Å². The van der Waals surface area contributed by atoms with Crippen molar-refractivity contribution in [3.8, 4) is 5.82 Å². The average Bonchev–Trinajstić information content (AvgIpc) is 3.24. The third kappa shape index (κ3) is 4.80. The van der Waals surface area contributed by atoms with Crippen LogP contribution in [0.3, 0.4) is 0 Å². The van der Waals surface area contributed by atoms with E-state index in [1.807, 2.05) is 24.3 Å². The van der Waals surface area contributed by atoms with Gasteiger partial charge in [-0.05, 0) is 17.2 Å². The zero-order chi connectivity index (χ0) is 22.0. The molecule has 0 bridgehead atoms. The van der Waals surface area contributed by atoms with Crippen LogP contribution in [0.1, 0.15) is 33.2 Å². The van der Waals surface area contributed by atoms with Crippen molar-refractivity contribution in [1.29, 1.82) is 0 Å². The number of hydrogen-bond donors (Lipinski definition) is 1. The second kappa shape index (κ2) is 8.56. The minimum absolute atomic E-state index is 0.0251. The van der Waals surface area contributed by atoms with Crippen LogP contribution in [-0.2, 0) is 17.3 Å². The van der Waals surface area contributed by atoms with Crippen molar-refractivity contribution in [1.82, 2.24) is 20.1 Å². The number of aromatic nitrogens is 3. The summed E-state index contributed by atoms with van der Waals surface area (Å²) in [6.45, 7) is 2.19. The molecule has 0 aliphatic carbocycles. The molecule has 1 aliphatic heterocycles. The van der Waals surface area contributed by atoms with Crippen LogP contribution in [0, 0.1) is 5.82 Å². The Morgan fingerprint density at radius 2 is 2.00 bits per heavy atom. The maximum Gasteiger partial charge on any atom is 0.417 e. The lowest BCUT2D eigenvalue weighted by atomic mass is 10.0. The second-order valence-corrected chi connectivity index (χ2v) is 7.11. The summed E-state index contributed by atoms with van der Waals surface area (Å²) in [6.07, 6.45) is -1.63. The van der Waals surface area contributed by atoms with Gasteiger partial charge in [0, 0.05) is 31.9 Å². The fraction of sp³-hybridized carbons (Fsp3) is 0.286. The zero-order valence-electron chi connectivity index (χ0n) is 16.2. The summed E-state index contributed by atoms with van der Waals surface area (Å²) in [6, 6.07) is 7.84. The van der Waals surface area contributed by atoms with Crippen molar-refractivity contribution >= 4 is 5.78 Å². The Balaban J connectivity index is 1.45. The first-order valence-electron chi connectivity index (χ1n) is 9.53. The molecule has 10 heteroatoms. The number of rotatable bonds is 5. The summed E-state index contributed by atoms with van der Waals surface area (Å²) < 4.78 is 58.7. The van der Waals surface area contributed by atoms with Gasteiger partial charge in [-0.2, -0.15) is 18.3 Å². The van der Waals surface area contributed by atoms with Crippen molar-refractivity contribution in [2.45, 2.75) is 18.7 Å². The molecule has 2 aromatic heterocycles. The molecule has 1 aliphatic rings. The Morgan fingerprint density at radius 3 is 2.65 bits per heavy atom. The van der Waals surface area contributed by atoms with E-state index in [1.54, 1.807) is 0 Å². The molecule has 1 atom stereocenters. The molecule has 162 valence electrons. The van der Waals surface area contributed by atoms with Gasteiger partial charge in [-0.25, -0.2) is 14.1 Å². The number of morpholine rings is 1. The van der Waals surface area contributed by atoms with Crippen LogP contribution in [0.15, 0.2) is 48.9 Å². The van der Waals surface area contributed by atoms with Crippen molar-refractivity contribution in [3.63, 3.8) is 0 Å². The summed E-state index contributed by atoms with van der Waals surface area (Å²) in [4.78, 5) is 16.1. The van der Waals surface area contributed by atoms with E-state index in [2.05, 4.69) is 15.4 Å². The fourth-order valence-corrected chi connectivity index (χ4v) is 3.25. The highest BCUT2D eigenvalue weighted by Crippen LogP contribution is 2.30. The normalized spacial score (nSPS) is 17.0. The van der Waals surface area contributed by atoms with E-state index < -0.39 is 23.4 Å². The van der Waals surface area contributed by atoms with Crippen molar-refractivity contribution in [2.75, 3.05) is 19.7 Å². The van der Waals surface area contributed by atoms with Crippen LogP contribution < -0.4 is 5.32 Å². The molecule has 0 amide bonds. The SMILES string of the molecule is O=C(Cc1ccc([C@H]2CNCCO2)cc1)c1cnn(-c2ncc(C(F)(F)F)cc2F)c1. The third-order valence-electron chi connectivity index (χ3n) is 4.91. The van der Waals surface area contributed by atoms with E-state index in [0.717, 1.165) is 28.9 Å². The van der Waals surface area contributed by atoms with Gasteiger partial charge >= 0.3 is 6.18 Å². The van der Waals surface area contributed by atoms with Gasteiger partial charge in [0.25, 0.3) is 0 Å². The number of nitrogens with zero attached hydrogens (tertiary/aromatic N) is 3. The number of halogens is 4. The first-order chi connectivity index (χ1) is 14.8. The summed E-state index contributed by atoms with van der Waals surface area (Å²) in [5.74, 6) is -1.87. The molecule has 0 unspecified atom stereocenters. The van der Waals surface area contributed by atoms with Crippen LogP contribution in [0.5, 0.6) is 0 Å². The number of carbonyl (C=O) groups excluding carboxylic acids is 1. The Hall–Kier alpha value is -3.11. The number of nitrogens with one attached hydrogen (secondary N) is 1. The number of ketones is 1. The lowest BCUT2D eigenvalue weighted by molar-refractivity contribution is -0.138. The van der Waals surface area contributed by atoms with Crippen molar-refractivity contribution in [2.24, 2.45) is 0 Å². The molecule has 3 heterocycles. The molecule has 3 aromatic rings. The number of ether oxygens (including phenoxy) is 1. The molecule has 1 N–H and O–H groups in total. The number of hydrogen-bond acceptors (Lipinski definition) is 5. The number of carbonyl (C=O) groups is 1. The van der Waals surface area contributed by atoms with Crippen LogP contribution >= 0.6 is 0 Å². The number of pyridine rings is 1. The first-order valence-corrected chi connectivity index (χ1v) is 9.53. The van der Waals surface area contributed by atoms with Crippen LogP contribution in [0.2, 0.25) is 0 Å². The largest absolute Gasteiger partial charge is 0.417 e. The summed E-state index contributed by atoms with van der Waals surface area (Å²) in [7, 11) is 0. The van der Waals surface area contributed by atoms with Gasteiger partial charge in [0.1, 0.15) is 0 Å². The average molecular weight is 434 g/mol. The molecule has 1 saturated heterocycles. The van der Waals surface area contributed by atoms with Gasteiger partial charge in [0.15, 0.2) is 17.4 Å². The van der Waals surface area contributed by atoms with E-state index in [1.165, 1.54) is 12.4 Å². The molecular formula is C21H18F4N4O2. The number of benzene rings is 1. The molecule has 6 nitrogen and oxygen atoms in total. The monoisotopic (exact) mass is 434 g/mol. The lowest BCUT2D eigenvalue weighted by Gasteiger charge is -2.24. The molecular weight excluding hydrogens is 416 g/mol. The first kappa shape index (κ1) is 21.1. The van der Waals surface area contributed by atoms with Crippen LogP contribution in [0.25, 0.3) is 5.82 Å². The highest BCUT2D eigenvalue weighted by atomic mass is 19.4. The Kier molecular flexibility index (Phi) is 5.84. The summed E-state index contributed by atoms with van der Waals surface area (Å²) >= 11 is 0. The van der Waals surface area contributed by atoms with Crippen LogP contribution in [-0.4, -0.2) is 40.2 Å². The molecule has 0 saturated carbocycles. The highest BCUT2D eigenvalue weighted by molar-refractivity contribution is 5.97. The van der Waals surface area contributed by atoms with Crippen molar-refractivity contribution in [3.05, 3.63) is 77.0 Å². The van der Waals surface area contributed by atoms with Gasteiger partial charge in [-0.1, -0.05) is 24.3 Å². The standard InChI is InChI=1S/C21H18F4N4O2/c22-17-8-16(21(23,24)25)10-27-20(17)29-12-15(9-28-29)18(30)7-13-1-3-14(4-2-13)19-11-26-5-6-31-19/h1-4,8-10,12,19,26H,5-7,11H2/t19-/m1/s1.